The van der Waals surface area contributed by atoms with Crippen molar-refractivity contribution in [3.63, 3.8) is 0 Å². The van der Waals surface area contributed by atoms with E-state index in [0.29, 0.717) is 24.3 Å². The summed E-state index contributed by atoms with van der Waals surface area (Å²) in [5.41, 5.74) is 3.64. The van der Waals surface area contributed by atoms with E-state index in [-0.39, 0.29) is 18.8 Å². The SMILES string of the molecule is O=C(O)c1ccc2c(c1)nc(CCO)n2-c1cccc(N2CCN(CCO)CC2)c1. The highest BCUT2D eigenvalue weighted by molar-refractivity contribution is 5.93. The summed E-state index contributed by atoms with van der Waals surface area (Å²) < 4.78 is 1.99. The van der Waals surface area contributed by atoms with Gasteiger partial charge >= 0.3 is 5.97 Å². The van der Waals surface area contributed by atoms with E-state index < -0.39 is 5.97 Å². The smallest absolute Gasteiger partial charge is 0.335 e. The van der Waals surface area contributed by atoms with Crippen LogP contribution in [0.3, 0.4) is 0 Å². The third kappa shape index (κ3) is 4.02. The van der Waals surface area contributed by atoms with Crippen molar-refractivity contribution >= 4 is 22.7 Å². The molecule has 0 bridgehead atoms. The fourth-order valence-corrected chi connectivity index (χ4v) is 4.02. The lowest BCUT2D eigenvalue weighted by atomic mass is 10.2. The fourth-order valence-electron chi connectivity index (χ4n) is 4.02. The van der Waals surface area contributed by atoms with Gasteiger partial charge in [0.25, 0.3) is 0 Å². The zero-order chi connectivity index (χ0) is 21.1. The summed E-state index contributed by atoms with van der Waals surface area (Å²) in [5, 5.41) is 27.9. The number of piperazine rings is 1. The molecule has 158 valence electrons. The van der Waals surface area contributed by atoms with Crippen molar-refractivity contribution in [3.8, 4) is 5.69 Å². The van der Waals surface area contributed by atoms with E-state index in [1.165, 1.54) is 0 Å². The van der Waals surface area contributed by atoms with Gasteiger partial charge in [-0.1, -0.05) is 6.07 Å². The van der Waals surface area contributed by atoms with Crippen molar-refractivity contribution in [2.75, 3.05) is 50.8 Å². The Morgan fingerprint density at radius 3 is 2.43 bits per heavy atom. The molecule has 1 aliphatic heterocycles. The molecule has 1 fully saturated rings. The minimum atomic E-state index is -0.988. The number of carboxylic acid groups (broad SMARTS) is 1. The number of fused-ring (bicyclic) bond motifs is 1. The van der Waals surface area contributed by atoms with E-state index in [4.69, 9.17) is 5.11 Å². The van der Waals surface area contributed by atoms with E-state index in [2.05, 4.69) is 26.9 Å². The summed E-state index contributed by atoms with van der Waals surface area (Å²) in [7, 11) is 0. The van der Waals surface area contributed by atoms with Crippen molar-refractivity contribution in [1.29, 1.82) is 0 Å². The summed E-state index contributed by atoms with van der Waals surface area (Å²) >= 11 is 0. The van der Waals surface area contributed by atoms with E-state index in [1.54, 1.807) is 18.2 Å². The number of hydrogen-bond donors (Lipinski definition) is 3. The summed E-state index contributed by atoms with van der Waals surface area (Å²) in [6, 6.07) is 13.1. The van der Waals surface area contributed by atoms with E-state index in [1.807, 2.05) is 16.7 Å². The molecule has 30 heavy (non-hydrogen) atoms. The highest BCUT2D eigenvalue weighted by Gasteiger charge is 2.19. The minimum Gasteiger partial charge on any atom is -0.478 e. The molecule has 3 N–H and O–H groups in total. The monoisotopic (exact) mass is 410 g/mol. The van der Waals surface area contributed by atoms with Gasteiger partial charge in [0.2, 0.25) is 0 Å². The molecule has 0 aliphatic carbocycles. The lowest BCUT2D eigenvalue weighted by Gasteiger charge is -2.36. The topological polar surface area (TPSA) is 102 Å². The van der Waals surface area contributed by atoms with Gasteiger partial charge in [-0.25, -0.2) is 9.78 Å². The zero-order valence-corrected chi connectivity index (χ0v) is 16.7. The van der Waals surface area contributed by atoms with Crippen LogP contribution in [0.2, 0.25) is 0 Å². The Labute approximate surface area is 174 Å². The number of aromatic carboxylic acids is 1. The zero-order valence-electron chi connectivity index (χ0n) is 16.7. The number of carboxylic acids is 1. The number of β-amino-alcohol motifs (C(OH)–C–C–N with tert-alkyl or cyclic N) is 1. The van der Waals surface area contributed by atoms with Crippen LogP contribution in [0.5, 0.6) is 0 Å². The summed E-state index contributed by atoms with van der Waals surface area (Å²) in [4.78, 5) is 20.5. The van der Waals surface area contributed by atoms with Crippen LogP contribution in [0, 0.1) is 0 Å². The molecule has 0 saturated carbocycles. The van der Waals surface area contributed by atoms with E-state index in [0.717, 1.165) is 43.1 Å². The molecule has 8 nitrogen and oxygen atoms in total. The molecule has 1 aromatic heterocycles. The van der Waals surface area contributed by atoms with E-state index in [9.17, 15) is 15.0 Å². The Bertz CT molecular complexity index is 1040. The Balaban J connectivity index is 1.69. The van der Waals surface area contributed by atoms with Gasteiger partial charge in [0.1, 0.15) is 5.82 Å². The van der Waals surface area contributed by atoms with Crippen LogP contribution < -0.4 is 4.90 Å². The lowest BCUT2D eigenvalue weighted by Crippen LogP contribution is -2.47. The van der Waals surface area contributed by atoms with Gasteiger partial charge in [-0.3, -0.25) is 9.47 Å². The van der Waals surface area contributed by atoms with Crippen LogP contribution >= 0.6 is 0 Å². The number of imidazole rings is 1. The quantitative estimate of drug-likeness (QED) is 0.541. The average Bonchev–Trinajstić information content (AvgIpc) is 3.12. The maximum absolute atomic E-state index is 11.3. The van der Waals surface area contributed by atoms with Crippen molar-refractivity contribution in [2.45, 2.75) is 6.42 Å². The summed E-state index contributed by atoms with van der Waals surface area (Å²) in [6.07, 6.45) is 0.376. The van der Waals surface area contributed by atoms with Gasteiger partial charge < -0.3 is 20.2 Å². The molecule has 2 heterocycles. The molecule has 2 aromatic carbocycles. The first-order valence-electron chi connectivity index (χ1n) is 10.1. The van der Waals surface area contributed by atoms with Gasteiger partial charge in [-0.15, -0.1) is 0 Å². The number of benzene rings is 2. The third-order valence-electron chi connectivity index (χ3n) is 5.55. The molecule has 0 amide bonds. The second-order valence-electron chi connectivity index (χ2n) is 7.42. The number of aromatic nitrogens is 2. The molecule has 8 heteroatoms. The normalized spacial score (nSPS) is 15.1. The van der Waals surface area contributed by atoms with Crippen LogP contribution in [-0.4, -0.2) is 81.7 Å². The van der Waals surface area contributed by atoms with Crippen molar-refractivity contribution in [1.82, 2.24) is 14.5 Å². The van der Waals surface area contributed by atoms with Crippen molar-refractivity contribution in [2.24, 2.45) is 0 Å². The number of anilines is 1. The second kappa shape index (κ2) is 8.83. The molecular weight excluding hydrogens is 384 g/mol. The van der Waals surface area contributed by atoms with Gasteiger partial charge in [0, 0.05) is 50.5 Å². The van der Waals surface area contributed by atoms with Gasteiger partial charge in [0.15, 0.2) is 0 Å². The Kier molecular flexibility index (Phi) is 5.98. The van der Waals surface area contributed by atoms with Crippen LogP contribution in [0.25, 0.3) is 16.7 Å². The molecule has 0 radical (unpaired) electrons. The number of carbonyl (C=O) groups is 1. The first kappa shape index (κ1) is 20.3. The minimum absolute atomic E-state index is 0.0401. The van der Waals surface area contributed by atoms with Gasteiger partial charge in [-0.05, 0) is 36.4 Å². The molecule has 4 rings (SSSR count). The van der Waals surface area contributed by atoms with Crippen LogP contribution in [0.4, 0.5) is 5.69 Å². The number of hydrogen-bond acceptors (Lipinski definition) is 6. The first-order valence-corrected chi connectivity index (χ1v) is 10.1. The number of aliphatic hydroxyl groups is 2. The van der Waals surface area contributed by atoms with Crippen molar-refractivity contribution in [3.05, 3.63) is 53.9 Å². The third-order valence-corrected chi connectivity index (χ3v) is 5.55. The Hall–Kier alpha value is -2.94. The maximum Gasteiger partial charge on any atom is 0.335 e. The molecule has 0 atom stereocenters. The molecule has 3 aromatic rings. The average molecular weight is 410 g/mol. The maximum atomic E-state index is 11.3. The first-order chi connectivity index (χ1) is 14.6. The van der Waals surface area contributed by atoms with Gasteiger partial charge in [-0.2, -0.15) is 0 Å². The van der Waals surface area contributed by atoms with Crippen LogP contribution in [-0.2, 0) is 6.42 Å². The Morgan fingerprint density at radius 2 is 1.73 bits per heavy atom. The molecule has 0 unspecified atom stereocenters. The summed E-state index contributed by atoms with van der Waals surface area (Å²) in [5.74, 6) is -0.294. The molecule has 1 aliphatic rings. The lowest BCUT2D eigenvalue weighted by molar-refractivity contribution is 0.0697. The molecular formula is C22H26N4O4. The number of nitrogens with zero attached hydrogens (tertiary/aromatic N) is 4. The molecule has 1 saturated heterocycles. The molecule has 0 spiro atoms. The number of aliphatic hydroxyl groups excluding tert-OH is 2. The number of rotatable bonds is 7. The van der Waals surface area contributed by atoms with Crippen LogP contribution in [0.1, 0.15) is 16.2 Å². The highest BCUT2D eigenvalue weighted by Crippen LogP contribution is 2.26. The van der Waals surface area contributed by atoms with E-state index >= 15 is 0 Å². The fraction of sp³-hybridized carbons (Fsp3) is 0.364. The van der Waals surface area contributed by atoms with Crippen LogP contribution in [0.15, 0.2) is 42.5 Å². The predicted molar refractivity (Wildman–Crippen MR) is 115 cm³/mol. The Morgan fingerprint density at radius 1 is 0.967 bits per heavy atom. The highest BCUT2D eigenvalue weighted by atomic mass is 16.4. The predicted octanol–water partition coefficient (Wildman–Crippen LogP) is 1.37. The van der Waals surface area contributed by atoms with Gasteiger partial charge in [0.05, 0.1) is 29.8 Å². The second-order valence-corrected chi connectivity index (χ2v) is 7.42. The summed E-state index contributed by atoms with van der Waals surface area (Å²) in [6.45, 7) is 4.44. The standard InChI is InChI=1S/C22H26N4O4/c27-12-6-21-23-19-14-16(22(29)30)4-5-20(19)26(21)18-3-1-2-17(15-18)25-9-7-24(8-10-25)11-13-28/h1-5,14-15,27-28H,6-13H2,(H,29,30). The van der Waals surface area contributed by atoms with Crippen molar-refractivity contribution < 1.29 is 20.1 Å². The largest absolute Gasteiger partial charge is 0.478 e.